The van der Waals surface area contributed by atoms with Crippen molar-refractivity contribution in [2.75, 3.05) is 10.6 Å². The fourth-order valence-electron chi connectivity index (χ4n) is 2.82. The number of halogens is 1. The second-order valence-corrected chi connectivity index (χ2v) is 7.35. The average molecular weight is 379 g/mol. The molecule has 0 radical (unpaired) electrons. The number of aromatic nitrogens is 3. The molecule has 0 atom stereocenters. The predicted molar refractivity (Wildman–Crippen MR) is 109 cm³/mol. The number of hydrogen-bond donors (Lipinski definition) is 2. The van der Waals surface area contributed by atoms with E-state index in [0.29, 0.717) is 22.6 Å². The van der Waals surface area contributed by atoms with Crippen molar-refractivity contribution in [2.24, 2.45) is 0 Å². The van der Waals surface area contributed by atoms with E-state index in [4.69, 9.17) is 0 Å². The van der Waals surface area contributed by atoms with Crippen LogP contribution in [0.1, 0.15) is 16.7 Å². The summed E-state index contributed by atoms with van der Waals surface area (Å²) in [7, 11) is 0. The van der Waals surface area contributed by atoms with Crippen molar-refractivity contribution in [1.82, 2.24) is 15.0 Å². The largest absolute Gasteiger partial charge is 0.338 e. The van der Waals surface area contributed by atoms with Gasteiger partial charge in [0, 0.05) is 11.4 Å². The quantitative estimate of drug-likeness (QED) is 0.481. The Bertz CT molecular complexity index is 1120. The average Bonchev–Trinajstić information content (AvgIpc) is 3.05. The first-order valence-electron chi connectivity index (χ1n) is 8.49. The maximum atomic E-state index is 13.8. The molecule has 7 heteroatoms. The molecule has 0 saturated heterocycles. The van der Waals surface area contributed by atoms with Gasteiger partial charge < -0.3 is 10.6 Å². The van der Waals surface area contributed by atoms with E-state index in [0.717, 1.165) is 26.8 Å². The Labute approximate surface area is 160 Å². The summed E-state index contributed by atoms with van der Waals surface area (Å²) in [6.07, 6.45) is 1.48. The first-order chi connectivity index (χ1) is 13.0. The van der Waals surface area contributed by atoms with Crippen LogP contribution in [0.25, 0.3) is 10.3 Å². The van der Waals surface area contributed by atoms with Crippen LogP contribution in [-0.4, -0.2) is 15.0 Å². The number of nitrogens with zero attached hydrogens (tertiary/aromatic N) is 3. The Balaban J connectivity index is 1.68. The van der Waals surface area contributed by atoms with E-state index < -0.39 is 0 Å². The minimum absolute atomic E-state index is 0.263. The molecule has 0 bridgehead atoms. The standard InChI is InChI=1S/C20H18FN5S/c1-11-7-8-14(9-15(11)21)24-18-17-19(23-10-22-18)27-20(26-17)25-16-12(2)5-4-6-13(16)3/h4-10H,1-3H3,(H,25,26)(H,22,23,24). The molecular weight excluding hydrogens is 361 g/mol. The Morgan fingerprint density at radius 3 is 2.44 bits per heavy atom. The summed E-state index contributed by atoms with van der Waals surface area (Å²) in [4.78, 5) is 14.0. The number of nitrogens with one attached hydrogen (secondary N) is 2. The van der Waals surface area contributed by atoms with Gasteiger partial charge in [0.2, 0.25) is 0 Å². The molecule has 4 rings (SSSR count). The lowest BCUT2D eigenvalue weighted by molar-refractivity contribution is 0.619. The molecule has 0 saturated carbocycles. The lowest BCUT2D eigenvalue weighted by atomic mass is 10.1. The Hall–Kier alpha value is -3.06. The lowest BCUT2D eigenvalue weighted by Crippen LogP contribution is -1.97. The predicted octanol–water partition coefficient (Wildman–Crippen LogP) is 5.64. The van der Waals surface area contributed by atoms with Crippen molar-refractivity contribution < 1.29 is 4.39 Å². The second-order valence-electron chi connectivity index (χ2n) is 6.38. The molecule has 4 aromatic rings. The zero-order chi connectivity index (χ0) is 19.0. The SMILES string of the molecule is Cc1ccc(Nc2ncnc3sc(Nc4c(C)cccc4C)nc23)cc1F. The number of hydrogen-bond acceptors (Lipinski definition) is 6. The highest BCUT2D eigenvalue weighted by molar-refractivity contribution is 7.21. The fraction of sp³-hybridized carbons (Fsp3) is 0.150. The van der Waals surface area contributed by atoms with Crippen molar-refractivity contribution in [3.63, 3.8) is 0 Å². The van der Waals surface area contributed by atoms with Crippen LogP contribution < -0.4 is 10.6 Å². The van der Waals surface area contributed by atoms with Crippen LogP contribution >= 0.6 is 11.3 Å². The fourth-order valence-corrected chi connectivity index (χ4v) is 3.64. The first kappa shape index (κ1) is 17.4. The van der Waals surface area contributed by atoms with Crippen molar-refractivity contribution in [3.05, 3.63) is 65.2 Å². The van der Waals surface area contributed by atoms with Crippen LogP contribution in [-0.2, 0) is 0 Å². The number of benzene rings is 2. The maximum absolute atomic E-state index is 13.8. The van der Waals surface area contributed by atoms with Crippen molar-refractivity contribution in [1.29, 1.82) is 0 Å². The molecule has 0 unspecified atom stereocenters. The summed E-state index contributed by atoms with van der Waals surface area (Å²) < 4.78 is 13.8. The van der Waals surface area contributed by atoms with Gasteiger partial charge in [-0.1, -0.05) is 35.6 Å². The van der Waals surface area contributed by atoms with Gasteiger partial charge in [0.15, 0.2) is 15.8 Å². The summed E-state index contributed by atoms with van der Waals surface area (Å²) in [5.41, 5.74) is 5.21. The van der Waals surface area contributed by atoms with Crippen LogP contribution in [0, 0.1) is 26.6 Å². The summed E-state index contributed by atoms with van der Waals surface area (Å²) in [5, 5.41) is 7.27. The molecule has 2 aromatic carbocycles. The highest BCUT2D eigenvalue weighted by Gasteiger charge is 2.13. The molecular formula is C20H18FN5S. The van der Waals surface area contributed by atoms with Crippen LogP contribution in [0.5, 0.6) is 0 Å². The van der Waals surface area contributed by atoms with E-state index in [-0.39, 0.29) is 5.82 Å². The molecule has 0 amide bonds. The molecule has 0 aliphatic rings. The van der Waals surface area contributed by atoms with E-state index in [1.54, 1.807) is 13.0 Å². The van der Waals surface area contributed by atoms with E-state index >= 15 is 0 Å². The Kier molecular flexibility index (Phi) is 4.45. The minimum atomic E-state index is -0.263. The third-order valence-electron chi connectivity index (χ3n) is 4.34. The number of fused-ring (bicyclic) bond motifs is 1. The molecule has 0 spiro atoms. The topological polar surface area (TPSA) is 62.7 Å². The third-order valence-corrected chi connectivity index (χ3v) is 5.22. The van der Waals surface area contributed by atoms with Gasteiger partial charge in [-0.3, -0.25) is 0 Å². The van der Waals surface area contributed by atoms with Gasteiger partial charge in [-0.2, -0.15) is 0 Å². The molecule has 27 heavy (non-hydrogen) atoms. The normalized spacial score (nSPS) is 11.0. The van der Waals surface area contributed by atoms with Gasteiger partial charge in [-0.05, 0) is 49.6 Å². The summed E-state index contributed by atoms with van der Waals surface area (Å²) in [6.45, 7) is 5.84. The van der Waals surface area contributed by atoms with Crippen molar-refractivity contribution >= 4 is 44.0 Å². The Morgan fingerprint density at radius 2 is 1.70 bits per heavy atom. The highest BCUT2D eigenvalue weighted by Crippen LogP contribution is 2.33. The molecule has 0 aliphatic carbocycles. The zero-order valence-electron chi connectivity index (χ0n) is 15.2. The zero-order valence-corrected chi connectivity index (χ0v) is 16.0. The maximum Gasteiger partial charge on any atom is 0.189 e. The van der Waals surface area contributed by atoms with Gasteiger partial charge in [-0.15, -0.1) is 0 Å². The van der Waals surface area contributed by atoms with Gasteiger partial charge in [0.1, 0.15) is 17.7 Å². The van der Waals surface area contributed by atoms with Gasteiger partial charge in [0.25, 0.3) is 0 Å². The number of rotatable bonds is 4. The summed E-state index contributed by atoms with van der Waals surface area (Å²) >= 11 is 1.45. The lowest BCUT2D eigenvalue weighted by Gasteiger charge is -2.09. The smallest absolute Gasteiger partial charge is 0.189 e. The third kappa shape index (κ3) is 3.46. The van der Waals surface area contributed by atoms with Crippen molar-refractivity contribution in [2.45, 2.75) is 20.8 Å². The molecule has 2 N–H and O–H groups in total. The second kappa shape index (κ2) is 6.92. The summed E-state index contributed by atoms with van der Waals surface area (Å²) in [6, 6.07) is 11.1. The van der Waals surface area contributed by atoms with E-state index in [2.05, 4.69) is 51.6 Å². The summed E-state index contributed by atoms with van der Waals surface area (Å²) in [5.74, 6) is 0.287. The monoisotopic (exact) mass is 379 g/mol. The highest BCUT2D eigenvalue weighted by atomic mass is 32.1. The van der Waals surface area contributed by atoms with Gasteiger partial charge in [-0.25, -0.2) is 19.3 Å². The van der Waals surface area contributed by atoms with Crippen molar-refractivity contribution in [3.8, 4) is 0 Å². The molecule has 2 heterocycles. The van der Waals surface area contributed by atoms with Crippen LogP contribution in [0.4, 0.5) is 26.7 Å². The molecule has 0 fully saturated rings. The molecule has 2 aromatic heterocycles. The van der Waals surface area contributed by atoms with Gasteiger partial charge in [0.05, 0.1) is 0 Å². The number of anilines is 4. The van der Waals surface area contributed by atoms with E-state index in [1.807, 2.05) is 12.1 Å². The van der Waals surface area contributed by atoms with Crippen LogP contribution in [0.3, 0.4) is 0 Å². The van der Waals surface area contributed by atoms with Crippen LogP contribution in [0.15, 0.2) is 42.7 Å². The number of aryl methyl sites for hydroxylation is 3. The van der Waals surface area contributed by atoms with Gasteiger partial charge >= 0.3 is 0 Å². The number of thiazole rings is 1. The van der Waals surface area contributed by atoms with E-state index in [9.17, 15) is 4.39 Å². The molecule has 136 valence electrons. The first-order valence-corrected chi connectivity index (χ1v) is 9.31. The minimum Gasteiger partial charge on any atom is -0.338 e. The molecule has 0 aliphatic heterocycles. The van der Waals surface area contributed by atoms with Crippen LogP contribution in [0.2, 0.25) is 0 Å². The molecule has 5 nitrogen and oxygen atoms in total. The Morgan fingerprint density at radius 1 is 0.926 bits per heavy atom. The number of para-hydroxylation sites is 1. The van der Waals surface area contributed by atoms with E-state index in [1.165, 1.54) is 23.7 Å².